The molecule has 0 amide bonds. The molecule has 1 aliphatic heterocycles. The van der Waals surface area contributed by atoms with Crippen molar-refractivity contribution in [3.63, 3.8) is 0 Å². The van der Waals surface area contributed by atoms with E-state index < -0.39 is 0 Å². The van der Waals surface area contributed by atoms with E-state index in [2.05, 4.69) is 64.7 Å². The maximum atomic E-state index is 5.92. The molecule has 0 atom stereocenters. The number of benzene rings is 3. The average molecular weight is 673 g/mol. The van der Waals surface area contributed by atoms with Crippen molar-refractivity contribution in [3.8, 4) is 11.3 Å². The van der Waals surface area contributed by atoms with Crippen molar-refractivity contribution >= 4 is 45.1 Å². The first kappa shape index (κ1) is 25.4. The Balaban J connectivity index is 0.000000191. The number of fused-ring (bicyclic) bond motifs is 4. The summed E-state index contributed by atoms with van der Waals surface area (Å²) in [5.41, 5.74) is 6.63. The number of para-hydroxylation sites is 2. The number of hydrogen-bond acceptors (Lipinski definition) is 3. The third-order valence-electron chi connectivity index (χ3n) is 6.16. The first-order valence-corrected chi connectivity index (χ1v) is 12.2. The zero-order chi connectivity index (χ0) is 25.2. The average Bonchev–Trinajstić information content (AvgIpc) is 3.53. The van der Waals surface area contributed by atoms with Crippen LogP contribution in [-0.4, -0.2) is 26.6 Å². The van der Waals surface area contributed by atoms with Crippen molar-refractivity contribution in [1.82, 2.24) is 14.5 Å². The Hall–Kier alpha value is -4.21. The van der Waals surface area contributed by atoms with Gasteiger partial charge in [0.2, 0.25) is 5.71 Å². The molecule has 5 nitrogen and oxygen atoms in total. The second-order valence-electron chi connectivity index (χ2n) is 8.93. The number of aromatic nitrogens is 2. The van der Waals surface area contributed by atoms with Gasteiger partial charge < -0.3 is 9.40 Å². The van der Waals surface area contributed by atoms with Crippen LogP contribution >= 0.6 is 0 Å². The first-order chi connectivity index (χ1) is 18.2. The van der Waals surface area contributed by atoms with Crippen LogP contribution in [-0.2, 0) is 20.1 Å². The molecule has 1 aliphatic rings. The van der Waals surface area contributed by atoms with E-state index in [9.17, 15) is 0 Å². The van der Waals surface area contributed by atoms with Gasteiger partial charge in [0.05, 0.1) is 0 Å². The van der Waals surface area contributed by atoms with Crippen LogP contribution in [0.3, 0.4) is 0 Å². The van der Waals surface area contributed by atoms with E-state index in [0.29, 0.717) is 11.8 Å². The van der Waals surface area contributed by atoms with Gasteiger partial charge in [-0.15, -0.1) is 42.0 Å². The molecule has 0 N–H and O–H groups in total. The van der Waals surface area contributed by atoms with Gasteiger partial charge in [0, 0.05) is 50.2 Å². The van der Waals surface area contributed by atoms with Gasteiger partial charge in [-0.2, -0.15) is 6.07 Å². The fraction of sp³-hybridized carbons (Fsp3) is 0.0938. The van der Waals surface area contributed by atoms with Crippen molar-refractivity contribution in [2.24, 2.45) is 0 Å². The van der Waals surface area contributed by atoms with Crippen LogP contribution in [0.15, 0.2) is 108 Å². The molecule has 3 aromatic carbocycles. The van der Waals surface area contributed by atoms with Crippen LogP contribution in [0.5, 0.6) is 0 Å². The summed E-state index contributed by atoms with van der Waals surface area (Å²) in [6.45, 7) is 4.32. The molecule has 0 saturated carbocycles. The Morgan fingerprint density at radius 2 is 1.61 bits per heavy atom. The number of hydrogen-bond donors (Lipinski definition) is 0. The Morgan fingerprint density at radius 3 is 2.37 bits per heavy atom. The normalized spacial score (nSPS) is 11.9. The number of furan rings is 1. The summed E-state index contributed by atoms with van der Waals surface area (Å²) in [5, 5.41) is 2.04. The zero-order valence-electron chi connectivity index (χ0n) is 20.9. The van der Waals surface area contributed by atoms with Gasteiger partial charge >= 0.3 is 6.01 Å². The fourth-order valence-corrected chi connectivity index (χ4v) is 4.39. The van der Waals surface area contributed by atoms with Gasteiger partial charge in [0.25, 0.3) is 11.4 Å². The Kier molecular flexibility index (Phi) is 7.39. The molecule has 0 bridgehead atoms. The van der Waals surface area contributed by atoms with Crippen molar-refractivity contribution in [2.75, 3.05) is 0 Å². The van der Waals surface area contributed by atoms with E-state index in [1.165, 1.54) is 0 Å². The van der Waals surface area contributed by atoms with E-state index in [-0.39, 0.29) is 20.1 Å². The number of rotatable bonds is 3. The van der Waals surface area contributed by atoms with E-state index >= 15 is 0 Å². The molecule has 7 rings (SSSR count). The second-order valence-corrected chi connectivity index (χ2v) is 8.93. The van der Waals surface area contributed by atoms with Crippen LogP contribution in [0.1, 0.15) is 13.8 Å². The van der Waals surface area contributed by atoms with Crippen molar-refractivity contribution < 1.29 is 29.1 Å². The topological polar surface area (TPSA) is 44.9 Å². The van der Waals surface area contributed by atoms with E-state index in [4.69, 9.17) is 4.42 Å². The molecular formula is C32H24IrN4O. The van der Waals surface area contributed by atoms with E-state index in [1.54, 1.807) is 12.4 Å². The molecule has 0 fully saturated rings. The van der Waals surface area contributed by atoms with Gasteiger partial charge in [-0.3, -0.25) is 0 Å². The summed E-state index contributed by atoms with van der Waals surface area (Å²) < 4.78 is 10.1. The molecule has 4 heterocycles. The molecule has 0 spiro atoms. The quantitative estimate of drug-likeness (QED) is 0.145. The maximum absolute atomic E-state index is 5.92. The van der Waals surface area contributed by atoms with Crippen LogP contribution in [0.2, 0.25) is 0 Å². The van der Waals surface area contributed by atoms with E-state index in [1.807, 2.05) is 77.4 Å². The summed E-state index contributed by atoms with van der Waals surface area (Å²) in [6, 6.07) is 40.2. The van der Waals surface area contributed by atoms with Crippen molar-refractivity contribution in [2.45, 2.75) is 19.9 Å². The summed E-state index contributed by atoms with van der Waals surface area (Å²) in [7, 11) is 0. The number of nitrogens with zero attached hydrogens (tertiary/aromatic N) is 4. The molecule has 38 heavy (non-hydrogen) atoms. The smallest absolute Gasteiger partial charge is 0.465 e. The van der Waals surface area contributed by atoms with Gasteiger partial charge in [0.1, 0.15) is 5.69 Å². The molecule has 6 heteroatoms. The van der Waals surface area contributed by atoms with Crippen molar-refractivity contribution in [1.29, 1.82) is 0 Å². The molecule has 0 aliphatic carbocycles. The standard InChI is InChI=1S/C21H16N3O.C11H8N.Ir/c1-14(2)23-13-24(19-8-4-3-7-18(19)23)15-9-10-16-17-6-5-11-22-21(17)25-20(16)12-15;1-2-6-10(7-3-1)11-8-4-5-9-12-11;/h3-8,10-12,14H,1-2H3;1-6,8-9H;/q+1;-1;. The van der Waals surface area contributed by atoms with Crippen LogP contribution in [0, 0.1) is 12.1 Å². The Labute approximate surface area is 234 Å². The predicted octanol–water partition coefficient (Wildman–Crippen LogP) is 7.40. The molecule has 3 aromatic heterocycles. The third kappa shape index (κ3) is 4.85. The van der Waals surface area contributed by atoms with Gasteiger partial charge in [-0.25, -0.2) is 4.98 Å². The molecule has 0 unspecified atom stereocenters. The van der Waals surface area contributed by atoms with E-state index in [0.717, 1.165) is 44.7 Å². The largest absolute Gasteiger partial charge is 0.494 e. The minimum absolute atomic E-state index is 0. The number of pyridine rings is 2. The molecular weight excluding hydrogens is 649 g/mol. The van der Waals surface area contributed by atoms with Crippen LogP contribution in [0.25, 0.3) is 33.3 Å². The maximum Gasteiger partial charge on any atom is 0.494 e. The molecule has 1 radical (unpaired) electrons. The van der Waals surface area contributed by atoms with Gasteiger partial charge in [0.15, 0.2) is 6.04 Å². The van der Waals surface area contributed by atoms with Crippen LogP contribution < -0.4 is 4.58 Å². The summed E-state index contributed by atoms with van der Waals surface area (Å²) >= 11 is 0. The van der Waals surface area contributed by atoms with Gasteiger partial charge in [-0.1, -0.05) is 50.9 Å². The first-order valence-electron chi connectivity index (χ1n) is 12.2. The monoisotopic (exact) mass is 673 g/mol. The minimum atomic E-state index is 0. The summed E-state index contributed by atoms with van der Waals surface area (Å²) in [6.07, 6.45) is 3.53. The Morgan fingerprint density at radius 1 is 0.816 bits per heavy atom. The minimum Gasteiger partial charge on any atom is -0.465 e. The molecule has 187 valence electrons. The van der Waals surface area contributed by atoms with Gasteiger partial charge in [-0.05, 0) is 37.1 Å². The third-order valence-corrected chi connectivity index (χ3v) is 6.16. The fourth-order valence-electron chi connectivity index (χ4n) is 4.39. The zero-order valence-corrected chi connectivity index (χ0v) is 23.3. The summed E-state index contributed by atoms with van der Waals surface area (Å²) in [4.78, 5) is 8.52. The van der Waals surface area contributed by atoms with Crippen LogP contribution in [0.4, 0.5) is 17.1 Å². The predicted molar refractivity (Wildman–Crippen MR) is 147 cm³/mol. The molecule has 6 aromatic rings. The Bertz CT molecular complexity index is 1750. The summed E-state index contributed by atoms with van der Waals surface area (Å²) in [5.74, 6) is 0. The SMILES string of the molecule is CC(C)[N+]1=C=[N+](c2[c-]cc3c(c2)oc2ncccc23)c2ccccc21.[Ir].[c-]1ccccc1-c1ccccn1. The van der Waals surface area contributed by atoms with Crippen molar-refractivity contribution in [3.05, 3.63) is 116 Å². The second kappa shape index (κ2) is 11.0. The molecule has 0 saturated heterocycles.